The van der Waals surface area contributed by atoms with Crippen molar-refractivity contribution >= 4 is 6.29 Å². The molecule has 1 aliphatic heterocycles. The summed E-state index contributed by atoms with van der Waals surface area (Å²) in [6, 6.07) is -0.196. The monoisotopic (exact) mass is 390 g/mol. The summed E-state index contributed by atoms with van der Waals surface area (Å²) in [6.07, 6.45) is 14.6. The van der Waals surface area contributed by atoms with Crippen LogP contribution in [0.5, 0.6) is 0 Å². The number of hydrogen-bond donors (Lipinski definition) is 2. The Morgan fingerprint density at radius 3 is 3.04 bits per heavy atom. The molecule has 6 nitrogen and oxygen atoms in total. The lowest BCUT2D eigenvalue weighted by Gasteiger charge is -2.46. The summed E-state index contributed by atoms with van der Waals surface area (Å²) in [5.41, 5.74) is 0.983. The predicted molar refractivity (Wildman–Crippen MR) is 111 cm³/mol. The van der Waals surface area contributed by atoms with Gasteiger partial charge in [-0.25, -0.2) is 4.98 Å². The van der Waals surface area contributed by atoms with Crippen molar-refractivity contribution < 1.29 is 9.53 Å². The van der Waals surface area contributed by atoms with Gasteiger partial charge in [0.15, 0.2) is 0 Å². The van der Waals surface area contributed by atoms with Gasteiger partial charge in [0.1, 0.15) is 6.29 Å². The maximum atomic E-state index is 11.5. The Morgan fingerprint density at radius 2 is 2.29 bits per heavy atom. The molecule has 1 aromatic rings. The van der Waals surface area contributed by atoms with Crippen molar-refractivity contribution in [2.75, 3.05) is 26.7 Å². The van der Waals surface area contributed by atoms with Crippen LogP contribution in [0, 0.1) is 11.8 Å². The highest BCUT2D eigenvalue weighted by Gasteiger charge is 2.40. The zero-order chi connectivity index (χ0) is 19.8. The lowest BCUT2D eigenvalue weighted by molar-refractivity contribution is -0.127. The van der Waals surface area contributed by atoms with Gasteiger partial charge in [0.05, 0.1) is 24.6 Å². The fraction of sp³-hybridized carbons (Fsp3) is 0.818. The molecule has 0 bridgehead atoms. The summed E-state index contributed by atoms with van der Waals surface area (Å²) in [6.45, 7) is 5.17. The average molecular weight is 391 g/mol. The van der Waals surface area contributed by atoms with Gasteiger partial charge in [-0.2, -0.15) is 0 Å². The minimum absolute atomic E-state index is 0.196. The summed E-state index contributed by atoms with van der Waals surface area (Å²) >= 11 is 0. The third-order valence-corrected chi connectivity index (χ3v) is 6.53. The Hall–Kier alpha value is -1.24. The van der Waals surface area contributed by atoms with Crippen LogP contribution in [0.15, 0.2) is 12.5 Å². The van der Waals surface area contributed by atoms with Crippen molar-refractivity contribution in [3.8, 4) is 0 Å². The molecule has 3 rings (SSSR count). The molecular formula is C22H38N4O2. The van der Waals surface area contributed by atoms with Crippen LogP contribution in [0.4, 0.5) is 0 Å². The van der Waals surface area contributed by atoms with E-state index in [-0.39, 0.29) is 12.1 Å². The second-order valence-electron chi connectivity index (χ2n) is 8.79. The number of nitrogens with zero attached hydrogens (tertiary/aromatic N) is 2. The van der Waals surface area contributed by atoms with E-state index in [0.717, 1.165) is 44.0 Å². The summed E-state index contributed by atoms with van der Waals surface area (Å²) in [5.74, 6) is 1.49. The molecule has 5 atom stereocenters. The third-order valence-electron chi connectivity index (χ3n) is 6.53. The largest absolute Gasteiger partial charge is 0.372 e. The maximum absolute atomic E-state index is 11.5. The zero-order valence-electron chi connectivity index (χ0n) is 17.6. The highest BCUT2D eigenvalue weighted by molar-refractivity contribution is 5.58. The predicted octanol–water partition coefficient (Wildman–Crippen LogP) is 2.81. The molecule has 1 saturated heterocycles. The van der Waals surface area contributed by atoms with Gasteiger partial charge in [-0.15, -0.1) is 0 Å². The quantitative estimate of drug-likeness (QED) is 0.569. The molecule has 2 N–H and O–H groups in total. The van der Waals surface area contributed by atoms with Crippen molar-refractivity contribution in [2.45, 2.75) is 76.5 Å². The summed E-state index contributed by atoms with van der Waals surface area (Å²) in [5, 5.41) is 3.43. The number of likely N-dealkylation sites (N-methyl/N-ethyl adjacent to an activating group) is 1. The number of aromatic amines is 1. The topological polar surface area (TPSA) is 70.2 Å². The van der Waals surface area contributed by atoms with Crippen LogP contribution < -0.4 is 5.32 Å². The number of carbonyl (C=O) groups is 1. The van der Waals surface area contributed by atoms with Crippen LogP contribution in [0.2, 0.25) is 0 Å². The normalized spacial score (nSPS) is 28.8. The molecule has 0 aromatic carbocycles. The number of rotatable bonds is 11. The second-order valence-corrected chi connectivity index (χ2v) is 8.79. The van der Waals surface area contributed by atoms with Crippen LogP contribution >= 0.6 is 0 Å². The molecule has 0 unspecified atom stereocenters. The number of aldehydes is 1. The van der Waals surface area contributed by atoms with Gasteiger partial charge in [0.25, 0.3) is 0 Å². The first-order valence-corrected chi connectivity index (χ1v) is 11.2. The second kappa shape index (κ2) is 11.1. The van der Waals surface area contributed by atoms with Crippen molar-refractivity contribution in [1.29, 1.82) is 0 Å². The fourth-order valence-electron chi connectivity index (χ4n) is 4.98. The number of imidazole rings is 1. The van der Waals surface area contributed by atoms with Gasteiger partial charge in [-0.05, 0) is 51.1 Å². The van der Waals surface area contributed by atoms with Gasteiger partial charge in [0.2, 0.25) is 0 Å². The number of hydrogen-bond acceptors (Lipinski definition) is 5. The summed E-state index contributed by atoms with van der Waals surface area (Å²) in [4.78, 5) is 21.1. The lowest BCUT2D eigenvalue weighted by atomic mass is 9.71. The number of fused-ring (bicyclic) bond motifs is 1. The molecule has 0 amide bonds. The van der Waals surface area contributed by atoms with Gasteiger partial charge in [0, 0.05) is 31.4 Å². The Kier molecular flexibility index (Phi) is 8.49. The molecular weight excluding hydrogens is 352 g/mol. The number of H-pyrrole nitrogens is 1. The van der Waals surface area contributed by atoms with Crippen molar-refractivity contribution in [2.24, 2.45) is 11.8 Å². The molecule has 28 heavy (non-hydrogen) atoms. The first-order chi connectivity index (χ1) is 13.7. The Balaban J connectivity index is 1.54. The Labute approximate surface area is 169 Å². The Morgan fingerprint density at radius 1 is 1.43 bits per heavy atom. The van der Waals surface area contributed by atoms with E-state index in [1.807, 2.05) is 0 Å². The fourth-order valence-corrected chi connectivity index (χ4v) is 4.98. The number of nitrogens with one attached hydrogen (secondary N) is 2. The smallest absolute Gasteiger partial charge is 0.137 e. The number of unbranched alkanes of at least 4 members (excludes halogenated alkanes) is 1. The van der Waals surface area contributed by atoms with Crippen LogP contribution in [0.25, 0.3) is 0 Å². The van der Waals surface area contributed by atoms with E-state index in [2.05, 4.69) is 34.2 Å². The molecule has 0 radical (unpaired) electrons. The standard InChI is InChI=1S/C22H38N4O2/c1-3-4-9-26(2)14-22-21-8-6-5-7-17(21)10-20(28-22)13-24-19(15-27)11-18-12-23-16-25-18/h12,15-17,19-22,24H,3-11,13-14H2,1-2H3,(H,23,25)/t17-,19+,20+,21+,22-/m1/s1. The SMILES string of the molecule is CCCCN(C)C[C@H]1O[C@H](CN[C@H](C=O)Cc2cnc[nH]2)C[C@H]2CCCC[C@@H]21. The molecule has 1 aliphatic carbocycles. The Bertz CT molecular complexity index is 565. The molecule has 1 saturated carbocycles. The zero-order valence-corrected chi connectivity index (χ0v) is 17.6. The molecule has 1 aromatic heterocycles. The summed E-state index contributed by atoms with van der Waals surface area (Å²) in [7, 11) is 2.23. The van der Waals surface area contributed by atoms with E-state index in [9.17, 15) is 4.79 Å². The van der Waals surface area contributed by atoms with Crippen LogP contribution in [0.3, 0.4) is 0 Å². The van der Waals surface area contributed by atoms with Gasteiger partial charge < -0.3 is 24.7 Å². The minimum Gasteiger partial charge on any atom is -0.372 e. The molecule has 2 fully saturated rings. The maximum Gasteiger partial charge on any atom is 0.137 e. The van der Waals surface area contributed by atoms with E-state index in [4.69, 9.17) is 4.74 Å². The van der Waals surface area contributed by atoms with Crippen LogP contribution in [-0.4, -0.2) is 66.1 Å². The van der Waals surface area contributed by atoms with Crippen LogP contribution in [-0.2, 0) is 16.0 Å². The molecule has 2 heterocycles. The number of carbonyl (C=O) groups excluding carboxylic acids is 1. The molecule has 0 spiro atoms. The van der Waals surface area contributed by atoms with E-state index >= 15 is 0 Å². The lowest BCUT2D eigenvalue weighted by Crippen LogP contribution is -2.51. The minimum atomic E-state index is -0.196. The molecule has 2 aliphatic rings. The van der Waals surface area contributed by atoms with E-state index in [0.29, 0.717) is 18.4 Å². The van der Waals surface area contributed by atoms with Crippen molar-refractivity contribution in [3.63, 3.8) is 0 Å². The van der Waals surface area contributed by atoms with E-state index in [1.54, 1.807) is 12.5 Å². The third kappa shape index (κ3) is 6.13. The van der Waals surface area contributed by atoms with Gasteiger partial charge in [-0.3, -0.25) is 0 Å². The first kappa shape index (κ1) is 21.5. The van der Waals surface area contributed by atoms with Gasteiger partial charge >= 0.3 is 0 Å². The van der Waals surface area contributed by atoms with Crippen molar-refractivity contribution in [1.82, 2.24) is 20.2 Å². The average Bonchev–Trinajstić information content (AvgIpc) is 3.22. The molecule has 158 valence electrons. The summed E-state index contributed by atoms with van der Waals surface area (Å²) < 4.78 is 6.60. The van der Waals surface area contributed by atoms with E-state index < -0.39 is 0 Å². The first-order valence-electron chi connectivity index (χ1n) is 11.2. The van der Waals surface area contributed by atoms with E-state index in [1.165, 1.54) is 38.5 Å². The van der Waals surface area contributed by atoms with Gasteiger partial charge in [-0.1, -0.05) is 26.2 Å². The number of ether oxygens (including phenoxy) is 1. The van der Waals surface area contributed by atoms with Crippen molar-refractivity contribution in [3.05, 3.63) is 18.2 Å². The highest BCUT2D eigenvalue weighted by atomic mass is 16.5. The van der Waals surface area contributed by atoms with Crippen LogP contribution in [0.1, 0.15) is 57.6 Å². The highest BCUT2D eigenvalue weighted by Crippen LogP contribution is 2.41. The molecule has 6 heteroatoms. The number of aromatic nitrogens is 2.